The Kier molecular flexibility index (Phi) is 9.13. The molecule has 0 aromatic carbocycles. The summed E-state index contributed by atoms with van der Waals surface area (Å²) in [6.45, 7) is 6.89. The molecule has 4 saturated heterocycles. The van der Waals surface area contributed by atoms with Gasteiger partial charge in [-0.1, -0.05) is 11.9 Å². The van der Waals surface area contributed by atoms with Crippen molar-refractivity contribution in [1.82, 2.24) is 34.9 Å². The van der Waals surface area contributed by atoms with E-state index in [0.29, 0.717) is 29.4 Å². The molecule has 1 aliphatic carbocycles. The molecule has 5 fully saturated rings. The van der Waals surface area contributed by atoms with Gasteiger partial charge in [-0.3, -0.25) is 29.8 Å². The van der Waals surface area contributed by atoms with E-state index in [-0.39, 0.29) is 43.7 Å². The summed E-state index contributed by atoms with van der Waals surface area (Å²) >= 11 is 1.86. The lowest BCUT2D eigenvalue weighted by molar-refractivity contribution is -0.190. The van der Waals surface area contributed by atoms with Crippen LogP contribution in [0.3, 0.4) is 0 Å². The average molecular weight is 614 g/mol. The molecule has 12 heteroatoms. The summed E-state index contributed by atoms with van der Waals surface area (Å²) in [7, 11) is 2.27. The number of hydrogen-bond donors (Lipinski definition) is 3. The van der Waals surface area contributed by atoms with Gasteiger partial charge in [0.25, 0.3) is 0 Å². The van der Waals surface area contributed by atoms with E-state index in [9.17, 15) is 13.2 Å². The van der Waals surface area contributed by atoms with Crippen molar-refractivity contribution in [2.24, 2.45) is 11.3 Å². The first-order valence-electron chi connectivity index (χ1n) is 16.2. The lowest BCUT2D eigenvalue weighted by Crippen LogP contribution is -2.62. The van der Waals surface area contributed by atoms with E-state index in [4.69, 9.17) is 4.74 Å². The summed E-state index contributed by atoms with van der Waals surface area (Å²) < 4.78 is 51.3. The highest BCUT2D eigenvalue weighted by molar-refractivity contribution is 7.98. The van der Waals surface area contributed by atoms with Gasteiger partial charge in [-0.2, -0.15) is 13.2 Å². The van der Waals surface area contributed by atoms with Gasteiger partial charge in [0.1, 0.15) is 6.17 Å². The third kappa shape index (κ3) is 6.63. The van der Waals surface area contributed by atoms with Crippen LogP contribution in [0.1, 0.15) is 97.1 Å². The third-order valence-electron chi connectivity index (χ3n) is 10.8. The van der Waals surface area contributed by atoms with Crippen molar-refractivity contribution in [3.63, 3.8) is 0 Å². The molecule has 6 rings (SSSR count). The van der Waals surface area contributed by atoms with Gasteiger partial charge >= 0.3 is 6.18 Å². The predicted molar refractivity (Wildman–Crippen MR) is 160 cm³/mol. The zero-order valence-electron chi connectivity index (χ0n) is 25.5. The Morgan fingerprint density at radius 2 is 1.86 bits per heavy atom. The fourth-order valence-corrected chi connectivity index (χ4v) is 8.92. The fourth-order valence-electron chi connectivity index (χ4n) is 7.90. The van der Waals surface area contributed by atoms with Crippen molar-refractivity contribution in [3.05, 3.63) is 12.3 Å². The topological polar surface area (TPSA) is 69.6 Å². The standard InChI is InChI=1S/C30H50F3N7OS/c1-28(2)13-11-22-6-5-17-38(3)23-7-4-8-26(35-23)42-34-20-21-9-10-24(36-27(21)40(22)28)39-18-12-25(37-39)41-19-16-29(14-15-29)30(31,32)33/h12,18,21-24,26-27,34-36H,4-11,13-17,19-20H2,1-3H3. The number of piperidine rings is 2. The van der Waals surface area contributed by atoms with Crippen LogP contribution in [0.15, 0.2) is 12.3 Å². The van der Waals surface area contributed by atoms with Crippen molar-refractivity contribution in [1.29, 1.82) is 0 Å². The molecule has 0 amide bonds. The van der Waals surface area contributed by atoms with Crippen LogP contribution in [0, 0.1) is 11.3 Å². The highest BCUT2D eigenvalue weighted by Gasteiger charge is 2.62. The van der Waals surface area contributed by atoms with Gasteiger partial charge in [0, 0.05) is 36.3 Å². The van der Waals surface area contributed by atoms with E-state index in [0.717, 1.165) is 25.9 Å². The summed E-state index contributed by atoms with van der Waals surface area (Å²) in [6, 6.07) is 2.32. The van der Waals surface area contributed by atoms with Gasteiger partial charge in [-0.15, -0.1) is 5.10 Å². The number of halogens is 3. The molecule has 5 heterocycles. The number of hydrogen-bond acceptors (Lipinski definition) is 8. The first kappa shape index (κ1) is 31.0. The number of aromatic nitrogens is 2. The Balaban J connectivity index is 1.14. The molecular formula is C30H50F3N7OS. The predicted octanol–water partition coefficient (Wildman–Crippen LogP) is 5.45. The third-order valence-corrected chi connectivity index (χ3v) is 11.8. The second kappa shape index (κ2) is 12.4. The van der Waals surface area contributed by atoms with Crippen molar-refractivity contribution in [2.75, 3.05) is 26.7 Å². The van der Waals surface area contributed by atoms with Crippen molar-refractivity contribution < 1.29 is 17.9 Å². The fraction of sp³-hybridized carbons (Fsp3) is 0.900. The minimum absolute atomic E-state index is 0.00192. The highest BCUT2D eigenvalue weighted by Crippen LogP contribution is 2.59. The Labute approximate surface area is 253 Å². The second-order valence-electron chi connectivity index (χ2n) is 14.1. The summed E-state index contributed by atoms with van der Waals surface area (Å²) in [5.74, 6) is 0.866. The van der Waals surface area contributed by atoms with Gasteiger partial charge < -0.3 is 4.74 Å². The van der Waals surface area contributed by atoms with Gasteiger partial charge in [-0.05, 0) is 104 Å². The Bertz CT molecular complexity index is 1050. The second-order valence-corrected chi connectivity index (χ2v) is 15.2. The van der Waals surface area contributed by atoms with Crippen LogP contribution < -0.4 is 20.1 Å². The number of nitrogens with zero attached hydrogens (tertiary/aromatic N) is 4. The number of ether oxygens (including phenoxy) is 1. The quantitative estimate of drug-likeness (QED) is 0.379. The summed E-state index contributed by atoms with van der Waals surface area (Å²) in [6.07, 6.45) is 9.36. The molecule has 42 heavy (non-hydrogen) atoms. The molecule has 6 atom stereocenters. The normalized spacial score (nSPS) is 36.0. The highest BCUT2D eigenvalue weighted by atomic mass is 32.2. The maximum Gasteiger partial charge on any atom is 0.394 e. The van der Waals surface area contributed by atoms with Gasteiger partial charge in [-0.25, -0.2) is 0 Å². The van der Waals surface area contributed by atoms with E-state index in [2.05, 4.69) is 51.1 Å². The number of fused-ring (bicyclic) bond motifs is 5. The van der Waals surface area contributed by atoms with Gasteiger partial charge in [0.05, 0.1) is 29.7 Å². The molecule has 0 spiro atoms. The van der Waals surface area contributed by atoms with Crippen molar-refractivity contribution in [3.8, 4) is 5.88 Å². The van der Waals surface area contributed by atoms with Crippen LogP contribution >= 0.6 is 11.9 Å². The largest absolute Gasteiger partial charge is 0.477 e. The van der Waals surface area contributed by atoms with E-state index >= 15 is 0 Å². The molecule has 4 aliphatic heterocycles. The van der Waals surface area contributed by atoms with Crippen LogP contribution in [0.5, 0.6) is 5.88 Å². The van der Waals surface area contributed by atoms with Crippen LogP contribution in [-0.2, 0) is 0 Å². The molecule has 8 nitrogen and oxygen atoms in total. The van der Waals surface area contributed by atoms with Crippen LogP contribution in [0.4, 0.5) is 13.2 Å². The number of nitrogens with one attached hydrogen (secondary N) is 3. The summed E-state index contributed by atoms with van der Waals surface area (Å²) in [4.78, 5) is 5.31. The summed E-state index contributed by atoms with van der Waals surface area (Å²) in [5.41, 5.74) is -1.44. The maximum absolute atomic E-state index is 13.3. The van der Waals surface area contributed by atoms with Crippen LogP contribution in [-0.4, -0.2) is 81.8 Å². The zero-order valence-corrected chi connectivity index (χ0v) is 26.3. The van der Waals surface area contributed by atoms with E-state index in [1.807, 2.05) is 22.8 Å². The minimum Gasteiger partial charge on any atom is -0.477 e. The minimum atomic E-state index is -4.15. The average Bonchev–Trinajstić information content (AvgIpc) is 3.51. The molecule has 0 radical (unpaired) electrons. The molecule has 6 unspecified atom stereocenters. The number of rotatable bonds is 5. The molecule has 1 aromatic heterocycles. The molecule has 1 aromatic rings. The number of alkyl halides is 3. The lowest BCUT2D eigenvalue weighted by atomic mass is 9.90. The van der Waals surface area contributed by atoms with Crippen LogP contribution in [0.2, 0.25) is 0 Å². The molecule has 3 N–H and O–H groups in total. The van der Waals surface area contributed by atoms with E-state index in [1.54, 1.807) is 6.07 Å². The van der Waals surface area contributed by atoms with Crippen molar-refractivity contribution >= 4 is 11.9 Å². The lowest BCUT2D eigenvalue weighted by Gasteiger charge is -2.49. The monoisotopic (exact) mass is 613 g/mol. The van der Waals surface area contributed by atoms with Gasteiger partial charge in [0.2, 0.25) is 5.88 Å². The molecule has 1 saturated carbocycles. The zero-order chi connectivity index (χ0) is 29.5. The summed E-state index contributed by atoms with van der Waals surface area (Å²) in [5, 5.41) is 13.0. The molecule has 2 bridgehead atoms. The Morgan fingerprint density at radius 1 is 1.02 bits per heavy atom. The van der Waals surface area contributed by atoms with Gasteiger partial charge in [0.15, 0.2) is 0 Å². The maximum atomic E-state index is 13.3. The Morgan fingerprint density at radius 3 is 2.64 bits per heavy atom. The van der Waals surface area contributed by atoms with E-state index < -0.39 is 11.6 Å². The van der Waals surface area contributed by atoms with Crippen LogP contribution in [0.25, 0.3) is 0 Å². The molecular weight excluding hydrogens is 563 g/mol. The first-order chi connectivity index (χ1) is 20.0. The SMILES string of the molecule is CN1CCCC2CCC(C)(C)N2C2NC(n3ccc(OCCC4(C(F)(F)F)CC4)n3)CCC2CNSC2CCCC1N2. The molecule has 238 valence electrons. The molecule has 5 aliphatic rings. The van der Waals surface area contributed by atoms with Crippen molar-refractivity contribution in [2.45, 2.75) is 133 Å². The Hall–Kier alpha value is -1.05. The first-order valence-corrected chi connectivity index (χ1v) is 17.1. The van der Waals surface area contributed by atoms with E-state index in [1.165, 1.54) is 44.9 Å². The smallest absolute Gasteiger partial charge is 0.394 e.